The summed E-state index contributed by atoms with van der Waals surface area (Å²) in [6.07, 6.45) is 13.8. The Morgan fingerprint density at radius 1 is 1.12 bits per heavy atom. The van der Waals surface area contributed by atoms with Gasteiger partial charge in [-0.1, -0.05) is 12.8 Å². The average molecular weight is 517 g/mol. The maximum atomic E-state index is 10.0. The number of nitrogens with two attached hydrogens (primary N) is 1. The molecule has 0 aliphatic heterocycles. The smallest absolute Gasteiger partial charge is 0.227 e. The van der Waals surface area contributed by atoms with E-state index in [0.29, 0.717) is 24.1 Å². The second-order valence-electron chi connectivity index (χ2n) is 10.7. The van der Waals surface area contributed by atoms with Gasteiger partial charge in [-0.25, -0.2) is 4.98 Å². The topological polar surface area (TPSA) is 114 Å². The van der Waals surface area contributed by atoms with Crippen molar-refractivity contribution in [3.8, 4) is 0 Å². The van der Waals surface area contributed by atoms with Crippen LogP contribution in [0.4, 0.5) is 11.8 Å². The van der Waals surface area contributed by atoms with Gasteiger partial charge in [0.2, 0.25) is 5.95 Å². The summed E-state index contributed by atoms with van der Waals surface area (Å²) in [5, 5.41) is 17.2. The highest BCUT2D eigenvalue weighted by Crippen LogP contribution is 2.33. The van der Waals surface area contributed by atoms with Gasteiger partial charge < -0.3 is 26.0 Å². The van der Waals surface area contributed by atoms with Crippen molar-refractivity contribution < 1.29 is 5.11 Å². The van der Waals surface area contributed by atoms with Crippen LogP contribution >= 0.6 is 24.8 Å². The molecule has 5 N–H and O–H groups in total. The largest absolute Gasteiger partial charge is 0.390 e. The Kier molecular flexibility index (Phi) is 10.7. The molecule has 2 heterocycles. The zero-order valence-electron chi connectivity index (χ0n) is 20.8. The molecule has 2 aromatic heterocycles. The molecule has 2 aliphatic rings. The van der Waals surface area contributed by atoms with E-state index < -0.39 is 5.60 Å². The number of nitrogens with zero attached hydrogens (tertiary/aromatic N) is 4. The van der Waals surface area contributed by atoms with Crippen LogP contribution in [0.2, 0.25) is 0 Å². The molecule has 10 heteroatoms. The Hall–Kier alpha value is -1.35. The number of nitrogens with one attached hydrogen (secondary N) is 2. The number of hydrogen-bond acceptors (Lipinski definition) is 7. The summed E-state index contributed by atoms with van der Waals surface area (Å²) in [5.41, 5.74) is 7.24. The first-order valence-electron chi connectivity index (χ1n) is 12.5. The van der Waals surface area contributed by atoms with Crippen molar-refractivity contribution in [3.63, 3.8) is 0 Å². The van der Waals surface area contributed by atoms with Crippen LogP contribution in [-0.4, -0.2) is 48.4 Å². The lowest BCUT2D eigenvalue weighted by atomic mass is 9.92. The van der Waals surface area contributed by atoms with Crippen LogP contribution in [0, 0.1) is 0 Å². The fourth-order valence-electron chi connectivity index (χ4n) is 5.12. The fraction of sp³-hybridized carbons (Fsp3) is 0.792. The number of hydrogen-bond donors (Lipinski definition) is 4. The molecule has 0 amide bonds. The molecule has 1 unspecified atom stereocenters. The van der Waals surface area contributed by atoms with Gasteiger partial charge in [0.05, 0.1) is 11.9 Å². The predicted octanol–water partition coefficient (Wildman–Crippen LogP) is 5.21. The van der Waals surface area contributed by atoms with Crippen molar-refractivity contribution in [2.75, 3.05) is 10.6 Å². The van der Waals surface area contributed by atoms with E-state index in [2.05, 4.69) is 22.1 Å². The van der Waals surface area contributed by atoms with Crippen LogP contribution in [-0.2, 0) is 0 Å². The molecule has 2 aliphatic carbocycles. The third kappa shape index (κ3) is 7.57. The van der Waals surface area contributed by atoms with Gasteiger partial charge >= 0.3 is 0 Å². The van der Waals surface area contributed by atoms with E-state index in [1.807, 2.05) is 20.2 Å². The number of fused-ring (bicyclic) bond motifs is 1. The van der Waals surface area contributed by atoms with Crippen LogP contribution in [0.5, 0.6) is 0 Å². The first-order valence-corrected chi connectivity index (χ1v) is 12.5. The molecule has 1 atom stereocenters. The zero-order valence-corrected chi connectivity index (χ0v) is 22.4. The number of imidazole rings is 1. The van der Waals surface area contributed by atoms with E-state index in [1.165, 1.54) is 25.7 Å². The van der Waals surface area contributed by atoms with Crippen molar-refractivity contribution in [1.29, 1.82) is 0 Å². The molecule has 0 spiro atoms. The Morgan fingerprint density at radius 3 is 2.44 bits per heavy atom. The molecule has 2 saturated carbocycles. The van der Waals surface area contributed by atoms with Crippen molar-refractivity contribution in [2.45, 2.75) is 121 Å². The lowest BCUT2D eigenvalue weighted by Gasteiger charge is -2.27. The van der Waals surface area contributed by atoms with Gasteiger partial charge in [0.25, 0.3) is 0 Å². The van der Waals surface area contributed by atoms with Gasteiger partial charge in [0.1, 0.15) is 0 Å². The van der Waals surface area contributed by atoms with Crippen LogP contribution in [0.1, 0.15) is 97.4 Å². The van der Waals surface area contributed by atoms with E-state index in [1.54, 1.807) is 0 Å². The predicted molar refractivity (Wildman–Crippen MR) is 144 cm³/mol. The summed E-state index contributed by atoms with van der Waals surface area (Å²) in [6.45, 7) is 5.90. The molecule has 194 valence electrons. The highest BCUT2D eigenvalue weighted by atomic mass is 35.5. The molecular weight excluding hydrogens is 473 g/mol. The summed E-state index contributed by atoms with van der Waals surface area (Å²) in [5.74, 6) is 1.49. The minimum absolute atomic E-state index is 0. The Morgan fingerprint density at radius 2 is 1.79 bits per heavy atom. The molecule has 2 fully saturated rings. The molecule has 0 saturated heterocycles. The fourth-order valence-corrected chi connectivity index (χ4v) is 5.12. The third-order valence-corrected chi connectivity index (χ3v) is 7.05. The first-order chi connectivity index (χ1) is 15.3. The Labute approximate surface area is 216 Å². The van der Waals surface area contributed by atoms with Gasteiger partial charge in [-0.05, 0) is 78.6 Å². The molecule has 34 heavy (non-hydrogen) atoms. The molecule has 8 nitrogen and oxygen atoms in total. The van der Waals surface area contributed by atoms with Crippen LogP contribution in [0.25, 0.3) is 11.2 Å². The van der Waals surface area contributed by atoms with Crippen LogP contribution in [0.3, 0.4) is 0 Å². The summed E-state index contributed by atoms with van der Waals surface area (Å²) in [6, 6.07) is 1.40. The van der Waals surface area contributed by atoms with Crippen molar-refractivity contribution in [1.82, 2.24) is 19.5 Å². The van der Waals surface area contributed by atoms with Crippen molar-refractivity contribution in [2.24, 2.45) is 5.73 Å². The first kappa shape index (κ1) is 28.9. The van der Waals surface area contributed by atoms with Gasteiger partial charge in [0, 0.05) is 24.2 Å². The number of aromatic nitrogens is 4. The molecule has 0 bridgehead atoms. The van der Waals surface area contributed by atoms with E-state index in [-0.39, 0.29) is 30.9 Å². The van der Waals surface area contributed by atoms with Gasteiger partial charge in [-0.15, -0.1) is 24.8 Å². The van der Waals surface area contributed by atoms with E-state index in [4.69, 9.17) is 20.7 Å². The number of anilines is 2. The van der Waals surface area contributed by atoms with Crippen LogP contribution in [0.15, 0.2) is 6.33 Å². The molecule has 0 aromatic carbocycles. The van der Waals surface area contributed by atoms with Gasteiger partial charge in [-0.2, -0.15) is 9.97 Å². The lowest BCUT2D eigenvalue weighted by Crippen LogP contribution is -2.33. The molecule has 4 rings (SSSR count). The van der Waals surface area contributed by atoms with Crippen molar-refractivity contribution in [3.05, 3.63) is 6.33 Å². The maximum absolute atomic E-state index is 10.0. The average Bonchev–Trinajstić information content (AvgIpc) is 3.38. The quantitative estimate of drug-likeness (QED) is 0.362. The monoisotopic (exact) mass is 515 g/mol. The number of halogens is 2. The highest BCUT2D eigenvalue weighted by molar-refractivity contribution is 5.86. The lowest BCUT2D eigenvalue weighted by molar-refractivity contribution is 0.0680. The minimum Gasteiger partial charge on any atom is -0.390 e. The summed E-state index contributed by atoms with van der Waals surface area (Å²) in [7, 11) is 0. The molecular formula is C24H43Cl2N7O. The summed E-state index contributed by atoms with van der Waals surface area (Å²) < 4.78 is 2.26. The zero-order chi connectivity index (χ0) is 22.7. The minimum atomic E-state index is -0.623. The normalized spacial score (nSPS) is 22.1. The van der Waals surface area contributed by atoms with E-state index in [9.17, 15) is 5.11 Å². The molecule has 2 aromatic rings. The summed E-state index contributed by atoms with van der Waals surface area (Å²) >= 11 is 0. The summed E-state index contributed by atoms with van der Waals surface area (Å²) in [4.78, 5) is 14.5. The van der Waals surface area contributed by atoms with Gasteiger partial charge in [0.15, 0.2) is 17.0 Å². The number of rotatable bonds is 9. The number of aliphatic hydroxyl groups is 1. The third-order valence-electron chi connectivity index (χ3n) is 7.05. The van der Waals surface area contributed by atoms with Crippen molar-refractivity contribution >= 4 is 47.7 Å². The molecule has 0 radical (unpaired) electrons. The Bertz CT molecular complexity index is 887. The maximum Gasteiger partial charge on any atom is 0.227 e. The highest BCUT2D eigenvalue weighted by Gasteiger charge is 2.24. The van der Waals surface area contributed by atoms with E-state index >= 15 is 0 Å². The standard InChI is InChI=1S/C24H41N7O.2ClH/c1-16(7-6-14-24(2,3)32)27-21-20-22(31(15-26-20)19-8-4-5-9-19)30-23(29-21)28-18-12-10-17(25)11-13-18;;/h15-19,32H,4-14,25H2,1-3H3,(H2,27,28,29,30);2*1H/t16?,17-,18-;;. The second kappa shape index (κ2) is 12.6. The Balaban J connectivity index is 0.00000204. The van der Waals surface area contributed by atoms with Crippen LogP contribution < -0.4 is 16.4 Å². The van der Waals surface area contributed by atoms with E-state index in [0.717, 1.165) is 61.9 Å². The SMILES string of the molecule is CC(CCCC(C)(C)O)Nc1nc(N[C@H]2CC[C@H](N)CC2)nc2c1ncn2C1CCCC1.Cl.Cl. The second-order valence-corrected chi connectivity index (χ2v) is 10.7. The van der Waals surface area contributed by atoms with Gasteiger partial charge in [-0.3, -0.25) is 0 Å².